The molecule has 0 radical (unpaired) electrons. The number of anilines is 3. The average Bonchev–Trinajstić information content (AvgIpc) is 2.85. The van der Waals surface area contributed by atoms with Crippen molar-refractivity contribution in [2.24, 2.45) is 0 Å². The van der Waals surface area contributed by atoms with Crippen LogP contribution in [0.25, 0.3) is 11.4 Å². The van der Waals surface area contributed by atoms with E-state index in [0.717, 1.165) is 22.8 Å². The molecule has 0 bridgehead atoms. The molecule has 0 aliphatic rings. The number of nitrogens with one attached hydrogen (secondary N) is 1. The van der Waals surface area contributed by atoms with Crippen LogP contribution in [0.2, 0.25) is 0 Å². The van der Waals surface area contributed by atoms with Crippen molar-refractivity contribution >= 4 is 17.6 Å². The zero-order valence-electron chi connectivity index (χ0n) is 18.4. The first-order chi connectivity index (χ1) is 15.6. The summed E-state index contributed by atoms with van der Waals surface area (Å²) in [5, 5.41) is 3.36. The van der Waals surface area contributed by atoms with Crippen molar-refractivity contribution < 1.29 is 0 Å². The summed E-state index contributed by atoms with van der Waals surface area (Å²) in [5.74, 6) is 2.73. The van der Waals surface area contributed by atoms with Crippen LogP contribution in [0.3, 0.4) is 0 Å². The number of benzene rings is 1. The minimum atomic E-state index is 0.143. The smallest absolute Gasteiger partial charge is 0.224 e. The molecule has 0 saturated carbocycles. The molecular weight excluding hydrogens is 400 g/mol. The van der Waals surface area contributed by atoms with E-state index in [9.17, 15) is 0 Å². The van der Waals surface area contributed by atoms with Gasteiger partial charge in [-0.15, -0.1) is 0 Å². The van der Waals surface area contributed by atoms with Crippen molar-refractivity contribution in [3.8, 4) is 11.4 Å². The van der Waals surface area contributed by atoms with Crippen LogP contribution < -0.4 is 10.2 Å². The van der Waals surface area contributed by atoms with Gasteiger partial charge in [-0.25, -0.2) is 15.0 Å². The van der Waals surface area contributed by atoms with Gasteiger partial charge in [0.1, 0.15) is 11.6 Å². The van der Waals surface area contributed by atoms with Crippen LogP contribution >= 0.6 is 0 Å². The SMILES string of the molecule is CN(c1ccnc(NC[C@@H](c2cccnc2)N(C)C)n1)c1ccnc(-c2ccccc2)n1. The summed E-state index contributed by atoms with van der Waals surface area (Å²) in [5.41, 5.74) is 2.10. The van der Waals surface area contributed by atoms with Gasteiger partial charge < -0.3 is 15.1 Å². The second-order valence-electron chi connectivity index (χ2n) is 7.55. The largest absolute Gasteiger partial charge is 0.352 e. The van der Waals surface area contributed by atoms with Crippen molar-refractivity contribution in [1.29, 1.82) is 0 Å². The highest BCUT2D eigenvalue weighted by molar-refractivity contribution is 5.61. The minimum Gasteiger partial charge on any atom is -0.352 e. The maximum absolute atomic E-state index is 4.71. The highest BCUT2D eigenvalue weighted by Gasteiger charge is 2.15. The van der Waals surface area contributed by atoms with Gasteiger partial charge in [0.2, 0.25) is 5.95 Å². The molecule has 8 heteroatoms. The first kappa shape index (κ1) is 21.3. The van der Waals surface area contributed by atoms with Gasteiger partial charge in [0.25, 0.3) is 0 Å². The molecule has 162 valence electrons. The predicted molar refractivity (Wildman–Crippen MR) is 127 cm³/mol. The lowest BCUT2D eigenvalue weighted by atomic mass is 10.1. The minimum absolute atomic E-state index is 0.143. The molecule has 0 saturated heterocycles. The summed E-state index contributed by atoms with van der Waals surface area (Å²) in [6, 6.07) is 17.8. The third-order valence-electron chi connectivity index (χ3n) is 5.15. The fourth-order valence-corrected chi connectivity index (χ4v) is 3.36. The Hall–Kier alpha value is -3.91. The van der Waals surface area contributed by atoms with Crippen molar-refractivity contribution in [3.05, 3.63) is 84.9 Å². The third-order valence-corrected chi connectivity index (χ3v) is 5.15. The Balaban J connectivity index is 1.50. The van der Waals surface area contributed by atoms with Gasteiger partial charge in [-0.2, -0.15) is 4.98 Å². The van der Waals surface area contributed by atoms with Gasteiger partial charge in [0, 0.05) is 43.9 Å². The average molecular weight is 427 g/mol. The van der Waals surface area contributed by atoms with E-state index in [0.29, 0.717) is 18.3 Å². The molecule has 1 aromatic carbocycles. The van der Waals surface area contributed by atoms with Crippen LogP contribution in [0.5, 0.6) is 0 Å². The molecule has 0 spiro atoms. The fraction of sp³-hybridized carbons (Fsp3) is 0.208. The number of rotatable bonds is 8. The van der Waals surface area contributed by atoms with E-state index in [1.807, 2.05) is 80.8 Å². The Labute approximate surface area is 188 Å². The van der Waals surface area contributed by atoms with E-state index >= 15 is 0 Å². The molecule has 0 amide bonds. The molecule has 0 fully saturated rings. The first-order valence-corrected chi connectivity index (χ1v) is 10.4. The molecule has 4 rings (SSSR count). The normalized spacial score (nSPS) is 11.9. The molecule has 8 nitrogen and oxygen atoms in total. The van der Waals surface area contributed by atoms with Crippen LogP contribution in [0.15, 0.2) is 79.4 Å². The predicted octanol–water partition coefficient (Wildman–Crippen LogP) is 3.81. The van der Waals surface area contributed by atoms with Gasteiger partial charge in [0.05, 0.1) is 6.04 Å². The van der Waals surface area contributed by atoms with Crippen molar-refractivity contribution in [2.45, 2.75) is 6.04 Å². The number of nitrogens with zero attached hydrogens (tertiary/aromatic N) is 7. The van der Waals surface area contributed by atoms with Gasteiger partial charge in [-0.3, -0.25) is 4.98 Å². The molecule has 3 heterocycles. The Morgan fingerprint density at radius 1 is 0.812 bits per heavy atom. The lowest BCUT2D eigenvalue weighted by molar-refractivity contribution is 0.311. The molecule has 1 atom stereocenters. The molecule has 1 N–H and O–H groups in total. The fourth-order valence-electron chi connectivity index (χ4n) is 3.36. The maximum Gasteiger partial charge on any atom is 0.224 e. The topological polar surface area (TPSA) is 83.0 Å². The summed E-state index contributed by atoms with van der Waals surface area (Å²) in [6.07, 6.45) is 7.17. The van der Waals surface area contributed by atoms with E-state index in [1.54, 1.807) is 18.6 Å². The second kappa shape index (κ2) is 9.93. The van der Waals surface area contributed by atoms with Crippen molar-refractivity contribution in [2.75, 3.05) is 37.9 Å². The number of hydrogen-bond donors (Lipinski definition) is 1. The van der Waals surface area contributed by atoms with E-state index in [1.165, 1.54) is 0 Å². The monoisotopic (exact) mass is 426 g/mol. The molecule has 32 heavy (non-hydrogen) atoms. The van der Waals surface area contributed by atoms with Crippen LogP contribution in [0.1, 0.15) is 11.6 Å². The molecular formula is C24H26N8. The van der Waals surface area contributed by atoms with E-state index in [-0.39, 0.29) is 6.04 Å². The number of likely N-dealkylation sites (N-methyl/N-ethyl adjacent to an activating group) is 1. The highest BCUT2D eigenvalue weighted by atomic mass is 15.3. The zero-order chi connectivity index (χ0) is 22.3. The quantitative estimate of drug-likeness (QED) is 0.455. The van der Waals surface area contributed by atoms with Gasteiger partial charge in [-0.05, 0) is 37.9 Å². The van der Waals surface area contributed by atoms with Crippen molar-refractivity contribution in [1.82, 2.24) is 29.8 Å². The second-order valence-corrected chi connectivity index (χ2v) is 7.55. The van der Waals surface area contributed by atoms with Crippen LogP contribution in [0.4, 0.5) is 17.6 Å². The molecule has 0 aliphatic carbocycles. The van der Waals surface area contributed by atoms with Crippen LogP contribution in [-0.4, -0.2) is 57.5 Å². The van der Waals surface area contributed by atoms with E-state index < -0.39 is 0 Å². The number of pyridine rings is 1. The summed E-state index contributed by atoms with van der Waals surface area (Å²) >= 11 is 0. The maximum atomic E-state index is 4.71. The van der Waals surface area contributed by atoms with Crippen molar-refractivity contribution in [3.63, 3.8) is 0 Å². The third kappa shape index (κ3) is 5.04. The standard InChI is InChI=1S/C24H26N8/c1-31(2)20(19-10-7-13-25-16-19)17-28-24-27-15-12-22(30-24)32(3)21-11-14-26-23(29-21)18-8-5-4-6-9-18/h4-16,20H,17H2,1-3H3,(H,27,28,30)/t20-/m0/s1. The van der Waals surface area contributed by atoms with E-state index in [2.05, 4.69) is 36.2 Å². The molecule has 0 aliphatic heterocycles. The lowest BCUT2D eigenvalue weighted by Crippen LogP contribution is -2.27. The van der Waals surface area contributed by atoms with E-state index in [4.69, 9.17) is 4.98 Å². The van der Waals surface area contributed by atoms with Crippen LogP contribution in [-0.2, 0) is 0 Å². The summed E-state index contributed by atoms with van der Waals surface area (Å²) in [4.78, 5) is 26.5. The Morgan fingerprint density at radius 3 is 2.28 bits per heavy atom. The molecule has 0 unspecified atom stereocenters. The lowest BCUT2D eigenvalue weighted by Gasteiger charge is -2.25. The summed E-state index contributed by atoms with van der Waals surface area (Å²) < 4.78 is 0. The zero-order valence-corrected chi connectivity index (χ0v) is 18.4. The summed E-state index contributed by atoms with van der Waals surface area (Å²) in [7, 11) is 6.02. The first-order valence-electron chi connectivity index (χ1n) is 10.4. The Kier molecular flexibility index (Phi) is 6.62. The van der Waals surface area contributed by atoms with Gasteiger partial charge in [-0.1, -0.05) is 36.4 Å². The summed E-state index contributed by atoms with van der Waals surface area (Å²) in [6.45, 7) is 0.650. The number of aromatic nitrogens is 5. The highest BCUT2D eigenvalue weighted by Crippen LogP contribution is 2.23. The van der Waals surface area contributed by atoms with Gasteiger partial charge in [0.15, 0.2) is 5.82 Å². The Bertz CT molecular complexity index is 1130. The van der Waals surface area contributed by atoms with Crippen LogP contribution in [0, 0.1) is 0 Å². The Morgan fingerprint density at radius 2 is 1.56 bits per heavy atom. The number of hydrogen-bond acceptors (Lipinski definition) is 8. The van der Waals surface area contributed by atoms with Gasteiger partial charge >= 0.3 is 0 Å². The molecule has 3 aromatic heterocycles. The molecule has 4 aromatic rings.